The Labute approximate surface area is 212 Å². The molecule has 2 aromatic rings. The number of rotatable bonds is 7. The molecule has 4 heterocycles. The fourth-order valence-electron chi connectivity index (χ4n) is 4.83. The van der Waals surface area contributed by atoms with Gasteiger partial charge in [-0.25, -0.2) is 4.98 Å². The van der Waals surface area contributed by atoms with Gasteiger partial charge < -0.3 is 24.9 Å². The Morgan fingerprint density at radius 3 is 2.35 bits per heavy atom. The molecule has 0 spiro atoms. The van der Waals surface area contributed by atoms with Crippen molar-refractivity contribution in [2.45, 2.75) is 63.6 Å². The van der Waals surface area contributed by atoms with Crippen LogP contribution >= 0.6 is 0 Å². The zero-order valence-electron chi connectivity index (χ0n) is 20.5. The summed E-state index contributed by atoms with van der Waals surface area (Å²) >= 11 is 0. The summed E-state index contributed by atoms with van der Waals surface area (Å²) in [6.07, 6.45) is 3.77. The molecule has 2 saturated heterocycles. The number of hydrogen-bond donors (Lipinski definition) is 2. The minimum Gasteiger partial charge on any atom is -0.417 e. The summed E-state index contributed by atoms with van der Waals surface area (Å²) in [6, 6.07) is 3.28. The number of nitrogens with zero attached hydrogens (tertiary/aromatic N) is 4. The van der Waals surface area contributed by atoms with Crippen LogP contribution in [0.15, 0.2) is 22.7 Å². The molecule has 1 saturated carbocycles. The average molecular weight is 521 g/mol. The molecule has 0 unspecified atom stereocenters. The summed E-state index contributed by atoms with van der Waals surface area (Å²) in [4.78, 5) is 36.5. The largest absolute Gasteiger partial charge is 0.437 e. The van der Waals surface area contributed by atoms with E-state index in [-0.39, 0.29) is 23.7 Å². The highest BCUT2D eigenvalue weighted by molar-refractivity contribution is 6.03. The van der Waals surface area contributed by atoms with Gasteiger partial charge >= 0.3 is 6.18 Å². The topological polar surface area (TPSA) is 104 Å². The fourth-order valence-corrected chi connectivity index (χ4v) is 4.83. The van der Waals surface area contributed by atoms with Gasteiger partial charge in [0.1, 0.15) is 5.82 Å². The Morgan fingerprint density at radius 2 is 1.73 bits per heavy atom. The second-order valence-corrected chi connectivity index (χ2v) is 10.1. The highest BCUT2D eigenvalue weighted by atomic mass is 19.4. The number of oxazole rings is 1. The van der Waals surface area contributed by atoms with E-state index in [2.05, 4.69) is 25.5 Å². The molecule has 0 bridgehead atoms. The van der Waals surface area contributed by atoms with E-state index < -0.39 is 23.5 Å². The molecule has 0 atom stereocenters. The number of halogens is 3. The molecule has 0 aromatic carbocycles. The van der Waals surface area contributed by atoms with Crippen LogP contribution in [0.4, 0.5) is 30.7 Å². The minimum absolute atomic E-state index is 0.127. The number of carbonyl (C=O) groups excluding carboxylic acids is 2. The van der Waals surface area contributed by atoms with Gasteiger partial charge in [0.2, 0.25) is 11.7 Å². The number of pyridine rings is 1. The van der Waals surface area contributed by atoms with E-state index in [1.54, 1.807) is 17.0 Å². The molecular weight excluding hydrogens is 489 g/mol. The molecule has 3 aliphatic rings. The molecule has 9 nitrogen and oxygen atoms in total. The molecule has 12 heteroatoms. The third-order valence-electron chi connectivity index (χ3n) is 7.08. The molecule has 0 radical (unpaired) electrons. The summed E-state index contributed by atoms with van der Waals surface area (Å²) in [6.45, 7) is 2.52. The highest BCUT2D eigenvalue weighted by Crippen LogP contribution is 2.35. The third-order valence-corrected chi connectivity index (χ3v) is 7.08. The van der Waals surface area contributed by atoms with Crippen molar-refractivity contribution >= 4 is 29.3 Å². The lowest BCUT2D eigenvalue weighted by molar-refractivity contribution is -0.141. The molecule has 2 aromatic heterocycles. The maximum absolute atomic E-state index is 13.6. The van der Waals surface area contributed by atoms with Gasteiger partial charge in [-0.05, 0) is 63.0 Å². The van der Waals surface area contributed by atoms with E-state index in [0.717, 1.165) is 58.0 Å². The van der Waals surface area contributed by atoms with Crippen LogP contribution in [-0.4, -0.2) is 54.0 Å². The smallest absolute Gasteiger partial charge is 0.417 e. The van der Waals surface area contributed by atoms with Crippen LogP contribution in [-0.2, 0) is 11.0 Å². The number of amides is 2. The number of hydrogen-bond acceptors (Lipinski definition) is 7. The molecule has 37 heavy (non-hydrogen) atoms. The van der Waals surface area contributed by atoms with Gasteiger partial charge in [0, 0.05) is 38.6 Å². The highest BCUT2D eigenvalue weighted by Gasteiger charge is 2.42. The first-order valence-corrected chi connectivity index (χ1v) is 12.9. The third kappa shape index (κ3) is 6.34. The van der Waals surface area contributed by atoms with Gasteiger partial charge in [-0.2, -0.15) is 18.2 Å². The number of alkyl halides is 3. The second kappa shape index (κ2) is 10.6. The molecule has 2 N–H and O–H groups in total. The molecule has 2 aliphatic heterocycles. The Balaban J connectivity index is 1.18. The van der Waals surface area contributed by atoms with Crippen LogP contribution < -0.4 is 20.4 Å². The van der Waals surface area contributed by atoms with Crippen molar-refractivity contribution in [2.24, 2.45) is 5.92 Å². The zero-order chi connectivity index (χ0) is 26.0. The van der Waals surface area contributed by atoms with E-state index in [1.807, 2.05) is 0 Å². The Hall–Kier alpha value is -3.31. The summed E-state index contributed by atoms with van der Waals surface area (Å²) in [5, 5.41) is 5.56. The van der Waals surface area contributed by atoms with Gasteiger partial charge in [-0.1, -0.05) is 0 Å². The maximum atomic E-state index is 13.6. The lowest BCUT2D eigenvalue weighted by atomic mass is 10.0. The van der Waals surface area contributed by atoms with Gasteiger partial charge in [-0.15, -0.1) is 0 Å². The van der Waals surface area contributed by atoms with E-state index in [4.69, 9.17) is 4.42 Å². The van der Waals surface area contributed by atoms with E-state index in [1.165, 1.54) is 6.20 Å². The number of piperidine rings is 2. The predicted octanol–water partition coefficient (Wildman–Crippen LogP) is 4.22. The standard InChI is InChI=1S/C25H31F3N6O3/c26-25(27,28)22-21(37-24(32-22)34-10-2-1-3-11-34)23(36)31-18-6-7-19(29-15-18)33-12-8-17(9-13-33)30-20(35)14-16-4-5-16/h6-7,15-17H,1-5,8-14H2,(H,30,35)(H,31,36). The Bertz CT molecular complexity index is 1100. The monoisotopic (exact) mass is 520 g/mol. The zero-order valence-corrected chi connectivity index (χ0v) is 20.5. The van der Waals surface area contributed by atoms with Crippen molar-refractivity contribution in [3.8, 4) is 0 Å². The summed E-state index contributed by atoms with van der Waals surface area (Å²) in [5.74, 6) is -0.501. The Kier molecular flexibility index (Phi) is 7.25. The molecular formula is C25H31F3N6O3. The number of aromatic nitrogens is 2. The van der Waals surface area contributed by atoms with Crippen LogP contribution in [0.1, 0.15) is 67.6 Å². The lowest BCUT2D eigenvalue weighted by Gasteiger charge is -2.33. The van der Waals surface area contributed by atoms with Crippen molar-refractivity contribution in [1.29, 1.82) is 0 Å². The Morgan fingerprint density at radius 1 is 1.00 bits per heavy atom. The molecule has 200 valence electrons. The van der Waals surface area contributed by atoms with Crippen LogP contribution in [0, 0.1) is 5.92 Å². The van der Waals surface area contributed by atoms with Crippen molar-refractivity contribution < 1.29 is 27.2 Å². The molecule has 5 rings (SSSR count). The molecule has 1 aliphatic carbocycles. The van der Waals surface area contributed by atoms with Crippen molar-refractivity contribution in [3.63, 3.8) is 0 Å². The van der Waals surface area contributed by atoms with Crippen LogP contribution in [0.2, 0.25) is 0 Å². The number of carbonyl (C=O) groups is 2. The fraction of sp³-hybridized carbons (Fsp3) is 0.600. The van der Waals surface area contributed by atoms with Gasteiger partial charge in [0.15, 0.2) is 5.69 Å². The van der Waals surface area contributed by atoms with Crippen LogP contribution in [0.25, 0.3) is 0 Å². The van der Waals surface area contributed by atoms with Crippen LogP contribution in [0.3, 0.4) is 0 Å². The summed E-state index contributed by atoms with van der Waals surface area (Å²) in [7, 11) is 0. The first kappa shape index (κ1) is 25.3. The maximum Gasteiger partial charge on any atom is 0.437 e. The minimum atomic E-state index is -4.82. The first-order valence-electron chi connectivity index (χ1n) is 12.9. The van der Waals surface area contributed by atoms with Gasteiger partial charge in [-0.3, -0.25) is 9.59 Å². The normalized spacial score (nSPS) is 19.1. The first-order chi connectivity index (χ1) is 17.8. The summed E-state index contributed by atoms with van der Waals surface area (Å²) in [5.41, 5.74) is -1.08. The van der Waals surface area contributed by atoms with Crippen LogP contribution in [0.5, 0.6) is 0 Å². The van der Waals surface area contributed by atoms with Crippen molar-refractivity contribution in [1.82, 2.24) is 15.3 Å². The van der Waals surface area contributed by atoms with Crippen molar-refractivity contribution in [3.05, 3.63) is 29.8 Å². The van der Waals surface area contributed by atoms with Crippen molar-refractivity contribution in [2.75, 3.05) is 41.3 Å². The molecule has 3 fully saturated rings. The van der Waals surface area contributed by atoms with Gasteiger partial charge in [0.25, 0.3) is 11.9 Å². The summed E-state index contributed by atoms with van der Waals surface area (Å²) < 4.78 is 46.1. The number of nitrogens with one attached hydrogen (secondary N) is 2. The van der Waals surface area contributed by atoms with Gasteiger partial charge in [0.05, 0.1) is 11.9 Å². The predicted molar refractivity (Wildman–Crippen MR) is 130 cm³/mol. The number of anilines is 3. The van der Waals surface area contributed by atoms with E-state index >= 15 is 0 Å². The quantitative estimate of drug-likeness (QED) is 0.564. The van der Waals surface area contributed by atoms with E-state index in [9.17, 15) is 22.8 Å². The second-order valence-electron chi connectivity index (χ2n) is 10.1. The van der Waals surface area contributed by atoms with E-state index in [0.29, 0.717) is 31.2 Å². The SMILES string of the molecule is O=C(CC1CC1)NC1CCN(c2ccc(NC(=O)c3oc(N4CCCCC4)nc3C(F)(F)F)cn2)CC1. The molecule has 2 amide bonds. The lowest BCUT2D eigenvalue weighted by Crippen LogP contribution is -2.45. The average Bonchev–Trinajstić information content (AvgIpc) is 3.56.